The number of nitrogen functional groups attached to an aromatic ring is 1. The molecule has 0 bridgehead atoms. The van der Waals surface area contributed by atoms with Crippen LogP contribution in [0.15, 0.2) is 6.07 Å². The lowest BCUT2D eigenvalue weighted by atomic mass is 10.5. The number of hydrogen-bond acceptors (Lipinski definition) is 2. The van der Waals surface area contributed by atoms with Crippen LogP contribution < -0.4 is 5.73 Å². The van der Waals surface area contributed by atoms with E-state index in [1.54, 1.807) is 4.45 Å². The van der Waals surface area contributed by atoms with Crippen molar-refractivity contribution in [3.05, 3.63) is 11.8 Å². The number of nitrogens with two attached hydrogens (primary N) is 1. The summed E-state index contributed by atoms with van der Waals surface area (Å²) < 4.78 is 1.56. The van der Waals surface area contributed by atoms with Gasteiger partial charge in [0.2, 0.25) is 0 Å². The largest absolute Gasteiger partial charge is 0.384 e. The van der Waals surface area contributed by atoms with Crippen LogP contribution in [-0.4, -0.2) is 9.55 Å². The molecule has 0 fully saturated rings. The first-order valence-electron chi connectivity index (χ1n) is 2.27. The highest BCUT2D eigenvalue weighted by Crippen LogP contribution is 2.06. The van der Waals surface area contributed by atoms with E-state index in [4.69, 9.17) is 5.73 Å². The van der Waals surface area contributed by atoms with E-state index in [9.17, 15) is 0 Å². The molecular weight excluding hydrogens is 121 g/mol. The molecule has 0 amide bonds. The Labute approximate surface area is 50.1 Å². The molecule has 0 aliphatic rings. The van der Waals surface area contributed by atoms with Gasteiger partial charge in [-0.15, -0.1) is 0 Å². The lowest BCUT2D eigenvalue weighted by Gasteiger charge is -1.87. The fourth-order valence-electron chi connectivity index (χ4n) is 0.537. The summed E-state index contributed by atoms with van der Waals surface area (Å²) >= 11 is 0. The van der Waals surface area contributed by atoms with Crippen molar-refractivity contribution in [2.24, 2.45) is 0 Å². The molecule has 3 nitrogen and oxygen atoms in total. The van der Waals surface area contributed by atoms with Crippen LogP contribution in [0, 0.1) is 6.92 Å². The molecule has 44 valence electrons. The van der Waals surface area contributed by atoms with Crippen molar-refractivity contribution >= 4 is 15.2 Å². The molecule has 0 aliphatic carbocycles. The maximum Gasteiger partial charge on any atom is 0.125 e. The zero-order valence-electron chi connectivity index (χ0n) is 4.63. The molecule has 1 atom stereocenters. The summed E-state index contributed by atoms with van der Waals surface area (Å²) in [6.45, 7) is 1.90. The fourth-order valence-corrected chi connectivity index (χ4v) is 0.793. The molecule has 0 radical (unpaired) electrons. The van der Waals surface area contributed by atoms with Crippen molar-refractivity contribution in [3.8, 4) is 0 Å². The van der Waals surface area contributed by atoms with Crippen LogP contribution in [-0.2, 0) is 0 Å². The third-order valence-corrected chi connectivity index (χ3v) is 1.30. The van der Waals surface area contributed by atoms with E-state index in [1.165, 1.54) is 0 Å². The minimum Gasteiger partial charge on any atom is -0.384 e. The second kappa shape index (κ2) is 1.75. The molecule has 1 aromatic heterocycles. The van der Waals surface area contributed by atoms with Crippen molar-refractivity contribution in [2.45, 2.75) is 6.92 Å². The summed E-state index contributed by atoms with van der Waals surface area (Å²) in [4.78, 5) is 0. The smallest absolute Gasteiger partial charge is 0.125 e. The Kier molecular flexibility index (Phi) is 1.22. The van der Waals surface area contributed by atoms with E-state index in [2.05, 4.69) is 14.5 Å². The van der Waals surface area contributed by atoms with Crippen molar-refractivity contribution in [2.75, 3.05) is 5.73 Å². The van der Waals surface area contributed by atoms with Gasteiger partial charge < -0.3 is 5.73 Å². The molecule has 0 saturated heterocycles. The first kappa shape index (κ1) is 5.57. The topological polar surface area (TPSA) is 43.8 Å². The number of aryl methyl sites for hydroxylation is 1. The highest BCUT2D eigenvalue weighted by Gasteiger charge is 1.92. The monoisotopic (exact) mass is 129 g/mol. The highest BCUT2D eigenvalue weighted by atomic mass is 31.0. The number of rotatable bonds is 0. The molecule has 0 spiro atoms. The molecule has 4 heteroatoms. The van der Waals surface area contributed by atoms with Gasteiger partial charge in [0, 0.05) is 6.07 Å². The summed E-state index contributed by atoms with van der Waals surface area (Å²) in [5.74, 6) is 0.674. The van der Waals surface area contributed by atoms with Crippen LogP contribution in [0.1, 0.15) is 5.69 Å². The average Bonchev–Trinajstić information content (AvgIpc) is 1.85. The number of aromatic nitrogens is 2. The van der Waals surface area contributed by atoms with Crippen LogP contribution in [0.3, 0.4) is 0 Å². The van der Waals surface area contributed by atoms with Gasteiger partial charge in [0.1, 0.15) is 5.82 Å². The molecule has 0 saturated carbocycles. The Balaban J connectivity index is 3.14. The highest BCUT2D eigenvalue weighted by molar-refractivity contribution is 7.14. The van der Waals surface area contributed by atoms with Gasteiger partial charge in [-0.2, -0.15) is 5.10 Å². The Morgan fingerprint density at radius 3 is 2.62 bits per heavy atom. The average molecular weight is 129 g/mol. The van der Waals surface area contributed by atoms with Gasteiger partial charge in [-0.25, -0.2) is 4.45 Å². The quantitative estimate of drug-likeness (QED) is 0.515. The van der Waals surface area contributed by atoms with E-state index in [-0.39, 0.29) is 0 Å². The molecule has 0 aromatic carbocycles. The summed E-state index contributed by atoms with van der Waals surface area (Å²) in [7, 11) is 2.39. The van der Waals surface area contributed by atoms with Crippen LogP contribution in [0.2, 0.25) is 0 Å². The summed E-state index contributed by atoms with van der Waals surface area (Å²) in [6, 6.07) is 1.81. The van der Waals surface area contributed by atoms with Gasteiger partial charge in [-0.1, -0.05) is 0 Å². The van der Waals surface area contributed by atoms with Gasteiger partial charge in [-0.3, -0.25) is 0 Å². The van der Waals surface area contributed by atoms with Crippen molar-refractivity contribution in [1.82, 2.24) is 9.55 Å². The zero-order chi connectivity index (χ0) is 6.15. The molecule has 1 heterocycles. The molecular formula is C4H8N3P. The zero-order valence-corrected chi connectivity index (χ0v) is 5.78. The van der Waals surface area contributed by atoms with Crippen LogP contribution in [0.4, 0.5) is 5.82 Å². The maximum atomic E-state index is 5.42. The second-order valence-electron chi connectivity index (χ2n) is 1.66. The van der Waals surface area contributed by atoms with Crippen molar-refractivity contribution in [1.29, 1.82) is 0 Å². The fraction of sp³-hybridized carbons (Fsp3) is 0.250. The van der Waals surface area contributed by atoms with E-state index >= 15 is 0 Å². The molecule has 1 aromatic rings. The third kappa shape index (κ3) is 0.819. The summed E-state index contributed by atoms with van der Waals surface area (Å²) in [6.07, 6.45) is 0. The van der Waals surface area contributed by atoms with Crippen molar-refractivity contribution < 1.29 is 0 Å². The first-order valence-corrected chi connectivity index (χ1v) is 2.79. The number of nitrogens with zero attached hydrogens (tertiary/aromatic N) is 2. The first-order chi connectivity index (χ1) is 3.70. The third-order valence-electron chi connectivity index (χ3n) is 0.887. The van der Waals surface area contributed by atoms with Gasteiger partial charge >= 0.3 is 0 Å². The normalized spacial score (nSPS) is 9.75. The van der Waals surface area contributed by atoms with E-state index < -0.39 is 0 Å². The number of hydrogen-bond donors (Lipinski definition) is 1. The minimum absolute atomic E-state index is 0.674. The van der Waals surface area contributed by atoms with Gasteiger partial charge in [0.15, 0.2) is 0 Å². The molecule has 0 aliphatic heterocycles. The Morgan fingerprint density at radius 1 is 1.88 bits per heavy atom. The van der Waals surface area contributed by atoms with Gasteiger partial charge in [0.05, 0.1) is 5.69 Å². The molecule has 2 N–H and O–H groups in total. The molecule has 1 rings (SSSR count). The van der Waals surface area contributed by atoms with Crippen LogP contribution in [0.5, 0.6) is 0 Å². The van der Waals surface area contributed by atoms with E-state index in [0.29, 0.717) is 5.82 Å². The lowest BCUT2D eigenvalue weighted by Crippen LogP contribution is -1.89. The predicted molar refractivity (Wildman–Crippen MR) is 36.5 cm³/mol. The standard InChI is InChI=1S/C4H8N3P/c1-3-2-4(5)7(8)6-3/h2H,5,8H2,1H3. The summed E-state index contributed by atoms with van der Waals surface area (Å²) in [5.41, 5.74) is 6.36. The molecule has 1 unspecified atom stereocenters. The van der Waals surface area contributed by atoms with Crippen LogP contribution in [0.25, 0.3) is 0 Å². The Hall–Kier alpha value is -0.560. The summed E-state index contributed by atoms with van der Waals surface area (Å²) in [5, 5.41) is 3.97. The predicted octanol–water partition coefficient (Wildman–Crippen LogP) is 0.412. The van der Waals surface area contributed by atoms with Crippen molar-refractivity contribution in [3.63, 3.8) is 0 Å². The van der Waals surface area contributed by atoms with E-state index in [1.807, 2.05) is 13.0 Å². The van der Waals surface area contributed by atoms with Gasteiger partial charge in [0.25, 0.3) is 0 Å². The second-order valence-corrected chi connectivity index (χ2v) is 2.14. The van der Waals surface area contributed by atoms with Crippen LogP contribution >= 0.6 is 9.39 Å². The van der Waals surface area contributed by atoms with Gasteiger partial charge in [-0.05, 0) is 16.3 Å². The van der Waals surface area contributed by atoms with E-state index in [0.717, 1.165) is 5.69 Å². The number of anilines is 1. The molecule has 8 heavy (non-hydrogen) atoms. The maximum absolute atomic E-state index is 5.42. The minimum atomic E-state index is 0.674. The SMILES string of the molecule is Cc1cc(N)n(P)n1. The Bertz CT molecular complexity index is 174. The lowest BCUT2D eigenvalue weighted by molar-refractivity contribution is 0.987. The Morgan fingerprint density at radius 2 is 2.50 bits per heavy atom.